The number of methoxy groups -OCH3 is 1. The van der Waals surface area contributed by atoms with Gasteiger partial charge in [-0.3, -0.25) is 0 Å². The Labute approximate surface area is 126 Å². The van der Waals surface area contributed by atoms with Crippen LogP contribution in [-0.2, 0) is 6.61 Å². The molecule has 2 aromatic carbocycles. The van der Waals surface area contributed by atoms with Crippen molar-refractivity contribution in [3.63, 3.8) is 0 Å². The lowest BCUT2D eigenvalue weighted by Crippen LogP contribution is -2.06. The Hall–Kier alpha value is -2.00. The fraction of sp³-hybridized carbons (Fsp3) is 0.333. The molecule has 0 aliphatic heterocycles. The van der Waals surface area contributed by atoms with Crippen LogP contribution in [0.15, 0.2) is 36.4 Å². The summed E-state index contributed by atoms with van der Waals surface area (Å²) in [6.07, 6.45) is 0. The molecule has 2 rings (SSSR count). The molecule has 0 heterocycles. The van der Waals surface area contributed by atoms with Crippen molar-refractivity contribution in [1.82, 2.24) is 0 Å². The Morgan fingerprint density at radius 1 is 1.05 bits per heavy atom. The van der Waals surface area contributed by atoms with Crippen molar-refractivity contribution in [2.24, 2.45) is 5.73 Å². The monoisotopic (exact) mass is 285 g/mol. The number of nitrogens with two attached hydrogens (primary N) is 1. The number of aryl methyl sites for hydroxylation is 2. The van der Waals surface area contributed by atoms with Crippen LogP contribution >= 0.6 is 0 Å². The molecule has 1 atom stereocenters. The second kappa shape index (κ2) is 6.64. The first-order valence-corrected chi connectivity index (χ1v) is 7.13. The molecule has 0 aliphatic rings. The molecule has 0 spiro atoms. The lowest BCUT2D eigenvalue weighted by Gasteiger charge is -2.14. The molecule has 0 saturated heterocycles. The van der Waals surface area contributed by atoms with Crippen molar-refractivity contribution in [3.8, 4) is 11.5 Å². The van der Waals surface area contributed by atoms with Gasteiger partial charge in [0.2, 0.25) is 0 Å². The van der Waals surface area contributed by atoms with E-state index in [4.69, 9.17) is 15.2 Å². The van der Waals surface area contributed by atoms with Gasteiger partial charge in [-0.05, 0) is 50.1 Å². The van der Waals surface area contributed by atoms with Crippen molar-refractivity contribution >= 4 is 0 Å². The lowest BCUT2D eigenvalue weighted by atomic mass is 10.1. The summed E-state index contributed by atoms with van der Waals surface area (Å²) in [5, 5.41) is 0. The Balaban J connectivity index is 2.15. The van der Waals surface area contributed by atoms with Gasteiger partial charge in [0.15, 0.2) is 0 Å². The van der Waals surface area contributed by atoms with Crippen molar-refractivity contribution < 1.29 is 9.47 Å². The Morgan fingerprint density at radius 3 is 2.38 bits per heavy atom. The van der Waals surface area contributed by atoms with Crippen LogP contribution in [0.4, 0.5) is 0 Å². The van der Waals surface area contributed by atoms with Gasteiger partial charge in [0.05, 0.1) is 7.11 Å². The number of ether oxygens (including phenoxy) is 2. The summed E-state index contributed by atoms with van der Waals surface area (Å²) in [7, 11) is 1.68. The summed E-state index contributed by atoms with van der Waals surface area (Å²) in [6.45, 7) is 6.57. The second-order valence-electron chi connectivity index (χ2n) is 5.42. The zero-order valence-corrected chi connectivity index (χ0v) is 13.1. The molecular weight excluding hydrogens is 262 g/mol. The SMILES string of the molecule is COc1ccc(C)cc1COc1ccc([C@H](C)N)cc1C. The van der Waals surface area contributed by atoms with Crippen LogP contribution in [-0.4, -0.2) is 7.11 Å². The molecule has 0 aromatic heterocycles. The highest BCUT2D eigenvalue weighted by Gasteiger charge is 2.07. The van der Waals surface area contributed by atoms with Crippen LogP contribution in [0.2, 0.25) is 0 Å². The largest absolute Gasteiger partial charge is 0.496 e. The van der Waals surface area contributed by atoms with Gasteiger partial charge >= 0.3 is 0 Å². The first-order valence-electron chi connectivity index (χ1n) is 7.13. The van der Waals surface area contributed by atoms with E-state index in [9.17, 15) is 0 Å². The number of rotatable bonds is 5. The Bertz CT molecular complexity index is 621. The normalized spacial score (nSPS) is 12.0. The van der Waals surface area contributed by atoms with Gasteiger partial charge in [0, 0.05) is 11.6 Å². The quantitative estimate of drug-likeness (QED) is 0.905. The number of hydrogen-bond acceptors (Lipinski definition) is 3. The van der Waals surface area contributed by atoms with Gasteiger partial charge in [-0.15, -0.1) is 0 Å². The van der Waals surface area contributed by atoms with E-state index in [1.807, 2.05) is 38.1 Å². The highest BCUT2D eigenvalue weighted by atomic mass is 16.5. The number of hydrogen-bond donors (Lipinski definition) is 1. The van der Waals surface area contributed by atoms with Crippen LogP contribution in [0, 0.1) is 13.8 Å². The zero-order chi connectivity index (χ0) is 15.4. The molecule has 3 heteroatoms. The minimum Gasteiger partial charge on any atom is -0.496 e. The number of benzene rings is 2. The minimum absolute atomic E-state index is 0.0367. The van der Waals surface area contributed by atoms with E-state index in [1.54, 1.807) is 7.11 Å². The highest BCUT2D eigenvalue weighted by Crippen LogP contribution is 2.25. The third kappa shape index (κ3) is 3.76. The van der Waals surface area contributed by atoms with E-state index in [0.29, 0.717) is 6.61 Å². The van der Waals surface area contributed by atoms with E-state index < -0.39 is 0 Å². The van der Waals surface area contributed by atoms with E-state index in [1.165, 1.54) is 5.56 Å². The van der Waals surface area contributed by atoms with Gasteiger partial charge < -0.3 is 15.2 Å². The highest BCUT2D eigenvalue weighted by molar-refractivity contribution is 5.39. The molecule has 0 unspecified atom stereocenters. The third-order valence-corrected chi connectivity index (χ3v) is 3.54. The molecule has 112 valence electrons. The van der Waals surface area contributed by atoms with Crippen LogP contribution in [0.5, 0.6) is 11.5 Å². The van der Waals surface area contributed by atoms with Crippen molar-refractivity contribution in [1.29, 1.82) is 0 Å². The molecule has 0 radical (unpaired) electrons. The predicted octanol–water partition coefficient (Wildman–Crippen LogP) is 3.91. The molecule has 21 heavy (non-hydrogen) atoms. The van der Waals surface area contributed by atoms with Crippen molar-refractivity contribution in [2.75, 3.05) is 7.11 Å². The average Bonchev–Trinajstić information content (AvgIpc) is 2.46. The standard InChI is InChI=1S/C18H23NO2/c1-12-5-7-18(20-4)16(9-12)11-21-17-8-6-15(14(3)19)10-13(17)2/h5-10,14H,11,19H2,1-4H3/t14-/m0/s1. The minimum atomic E-state index is 0.0367. The first kappa shape index (κ1) is 15.4. The summed E-state index contributed by atoms with van der Waals surface area (Å²) in [6, 6.07) is 12.2. The molecule has 0 bridgehead atoms. The van der Waals surface area contributed by atoms with Gasteiger partial charge in [0.25, 0.3) is 0 Å². The third-order valence-electron chi connectivity index (χ3n) is 3.54. The molecule has 0 aliphatic carbocycles. The van der Waals surface area contributed by atoms with Crippen molar-refractivity contribution in [2.45, 2.75) is 33.4 Å². The topological polar surface area (TPSA) is 44.5 Å². The van der Waals surface area contributed by atoms with E-state index in [2.05, 4.69) is 19.1 Å². The molecular formula is C18H23NO2. The molecule has 2 aromatic rings. The second-order valence-corrected chi connectivity index (χ2v) is 5.42. The summed E-state index contributed by atoms with van der Waals surface area (Å²) in [5.41, 5.74) is 10.3. The summed E-state index contributed by atoms with van der Waals surface area (Å²) in [4.78, 5) is 0. The molecule has 0 saturated carbocycles. The van der Waals surface area contributed by atoms with Crippen LogP contribution in [0.25, 0.3) is 0 Å². The molecule has 2 N–H and O–H groups in total. The maximum atomic E-state index is 5.93. The smallest absolute Gasteiger partial charge is 0.125 e. The fourth-order valence-electron chi connectivity index (χ4n) is 2.29. The van der Waals surface area contributed by atoms with E-state index in [0.717, 1.165) is 28.2 Å². The van der Waals surface area contributed by atoms with Crippen LogP contribution in [0.3, 0.4) is 0 Å². The maximum Gasteiger partial charge on any atom is 0.125 e. The van der Waals surface area contributed by atoms with E-state index in [-0.39, 0.29) is 6.04 Å². The Kier molecular flexibility index (Phi) is 4.86. The Morgan fingerprint density at radius 2 is 1.76 bits per heavy atom. The summed E-state index contributed by atoms with van der Waals surface area (Å²) < 4.78 is 11.3. The molecule has 0 fully saturated rings. The average molecular weight is 285 g/mol. The van der Waals surface area contributed by atoms with Crippen molar-refractivity contribution in [3.05, 3.63) is 58.7 Å². The zero-order valence-electron chi connectivity index (χ0n) is 13.1. The van der Waals surface area contributed by atoms with Gasteiger partial charge in [-0.2, -0.15) is 0 Å². The summed E-state index contributed by atoms with van der Waals surface area (Å²) in [5.74, 6) is 1.73. The molecule has 0 amide bonds. The van der Waals surface area contributed by atoms with E-state index >= 15 is 0 Å². The first-order chi connectivity index (χ1) is 10.0. The van der Waals surface area contributed by atoms with Gasteiger partial charge in [-0.1, -0.05) is 23.8 Å². The maximum absolute atomic E-state index is 5.93. The predicted molar refractivity (Wildman–Crippen MR) is 85.8 cm³/mol. The lowest BCUT2D eigenvalue weighted by molar-refractivity contribution is 0.294. The fourth-order valence-corrected chi connectivity index (χ4v) is 2.29. The van der Waals surface area contributed by atoms with Gasteiger partial charge in [-0.25, -0.2) is 0 Å². The van der Waals surface area contributed by atoms with Crippen LogP contribution < -0.4 is 15.2 Å². The molecule has 3 nitrogen and oxygen atoms in total. The summed E-state index contributed by atoms with van der Waals surface area (Å²) >= 11 is 0. The van der Waals surface area contributed by atoms with Gasteiger partial charge in [0.1, 0.15) is 18.1 Å². The van der Waals surface area contributed by atoms with Crippen LogP contribution in [0.1, 0.15) is 35.2 Å².